The molecule has 1 unspecified atom stereocenters. The van der Waals surface area contributed by atoms with E-state index < -0.39 is 0 Å². The number of nitrogens with zero attached hydrogens (tertiary/aromatic N) is 2. The van der Waals surface area contributed by atoms with Gasteiger partial charge in [0.15, 0.2) is 0 Å². The lowest BCUT2D eigenvalue weighted by Gasteiger charge is -2.42. The third kappa shape index (κ3) is 3.15. The molecule has 23 heavy (non-hydrogen) atoms. The number of carbonyl (C=O) groups excluding carboxylic acids is 1. The predicted octanol–water partition coefficient (Wildman–Crippen LogP) is 1.92. The van der Waals surface area contributed by atoms with E-state index in [4.69, 9.17) is 0 Å². The molecule has 2 aromatic rings. The van der Waals surface area contributed by atoms with Crippen LogP contribution in [0.5, 0.6) is 0 Å². The highest BCUT2D eigenvalue weighted by Crippen LogP contribution is 2.43. The van der Waals surface area contributed by atoms with Crippen LogP contribution in [0.2, 0.25) is 0 Å². The Morgan fingerprint density at radius 3 is 2.61 bits per heavy atom. The van der Waals surface area contributed by atoms with E-state index in [9.17, 15) is 4.79 Å². The Labute approximate surface area is 137 Å². The maximum absolute atomic E-state index is 12.6. The van der Waals surface area contributed by atoms with Crippen molar-refractivity contribution in [2.24, 2.45) is 7.05 Å². The first kappa shape index (κ1) is 15.7. The van der Waals surface area contributed by atoms with Gasteiger partial charge >= 0.3 is 0 Å². The van der Waals surface area contributed by atoms with Crippen molar-refractivity contribution in [3.05, 3.63) is 53.9 Å². The summed E-state index contributed by atoms with van der Waals surface area (Å²) in [5.74, 6) is 0.00251. The third-order valence-corrected chi connectivity index (χ3v) is 4.91. The molecule has 1 fully saturated rings. The average molecular weight is 312 g/mol. The molecule has 0 spiro atoms. The molecule has 0 bridgehead atoms. The summed E-state index contributed by atoms with van der Waals surface area (Å²) in [6, 6.07) is 10.2. The Hall–Kier alpha value is -2.14. The predicted molar refractivity (Wildman–Crippen MR) is 90.0 cm³/mol. The van der Waals surface area contributed by atoms with Gasteiger partial charge in [0.05, 0.1) is 6.20 Å². The van der Waals surface area contributed by atoms with Crippen molar-refractivity contribution in [2.75, 3.05) is 13.6 Å². The first-order valence-corrected chi connectivity index (χ1v) is 8.14. The lowest BCUT2D eigenvalue weighted by Crippen LogP contribution is -2.47. The largest absolute Gasteiger partial charge is 0.354 e. The second-order valence-corrected chi connectivity index (χ2v) is 6.39. The maximum atomic E-state index is 12.6. The molecule has 0 radical (unpaired) electrons. The van der Waals surface area contributed by atoms with Crippen molar-refractivity contribution >= 4 is 5.91 Å². The number of benzene rings is 1. The highest BCUT2D eigenvalue weighted by Gasteiger charge is 2.39. The molecule has 0 saturated heterocycles. The summed E-state index contributed by atoms with van der Waals surface area (Å²) in [7, 11) is 3.65. The summed E-state index contributed by atoms with van der Waals surface area (Å²) in [6.07, 6.45) is 7.10. The molecular formula is C18H24N4O. The number of aryl methyl sites for hydroxylation is 1. The summed E-state index contributed by atoms with van der Waals surface area (Å²) in [6.45, 7) is 0.689. The van der Waals surface area contributed by atoms with Crippen molar-refractivity contribution in [3.8, 4) is 0 Å². The molecule has 0 aliphatic heterocycles. The van der Waals surface area contributed by atoms with Gasteiger partial charge in [-0.15, -0.1) is 0 Å². The molecule has 122 valence electrons. The highest BCUT2D eigenvalue weighted by molar-refractivity contribution is 5.83. The molecule has 5 nitrogen and oxygen atoms in total. The Kier molecular flexibility index (Phi) is 4.48. The molecule has 1 aromatic heterocycles. The van der Waals surface area contributed by atoms with E-state index in [1.807, 2.05) is 19.3 Å². The fourth-order valence-corrected chi connectivity index (χ4v) is 3.36. The van der Waals surface area contributed by atoms with Crippen molar-refractivity contribution in [3.63, 3.8) is 0 Å². The lowest BCUT2D eigenvalue weighted by atomic mass is 9.64. The summed E-state index contributed by atoms with van der Waals surface area (Å²) in [5, 5.41) is 10.4. The van der Waals surface area contributed by atoms with Gasteiger partial charge in [0, 0.05) is 30.8 Å². The van der Waals surface area contributed by atoms with Crippen LogP contribution in [0.1, 0.15) is 36.4 Å². The van der Waals surface area contributed by atoms with Crippen LogP contribution in [-0.4, -0.2) is 29.3 Å². The van der Waals surface area contributed by atoms with Gasteiger partial charge in [0.2, 0.25) is 5.91 Å². The van der Waals surface area contributed by atoms with Gasteiger partial charge in [-0.2, -0.15) is 5.10 Å². The Balaban J connectivity index is 1.68. The van der Waals surface area contributed by atoms with Gasteiger partial charge in [-0.05, 0) is 25.5 Å². The summed E-state index contributed by atoms with van der Waals surface area (Å²) in [4.78, 5) is 12.6. The fraction of sp³-hybridized carbons (Fsp3) is 0.444. The van der Waals surface area contributed by atoms with Crippen LogP contribution in [0.4, 0.5) is 0 Å². The van der Waals surface area contributed by atoms with Crippen LogP contribution in [0, 0.1) is 0 Å². The first-order chi connectivity index (χ1) is 11.1. The van der Waals surface area contributed by atoms with E-state index in [0.717, 1.165) is 18.4 Å². The normalized spacial score (nSPS) is 17.3. The number of hydrogen-bond acceptors (Lipinski definition) is 3. The lowest BCUT2D eigenvalue weighted by molar-refractivity contribution is -0.123. The third-order valence-electron chi connectivity index (χ3n) is 4.91. The molecule has 2 N–H and O–H groups in total. The minimum absolute atomic E-state index is 0.00251. The molecule has 1 aliphatic rings. The van der Waals surface area contributed by atoms with Crippen LogP contribution in [-0.2, 0) is 17.3 Å². The van der Waals surface area contributed by atoms with Crippen molar-refractivity contribution in [1.82, 2.24) is 20.4 Å². The topological polar surface area (TPSA) is 59.0 Å². The minimum atomic E-state index is -0.364. The number of aromatic nitrogens is 2. The van der Waals surface area contributed by atoms with E-state index in [2.05, 4.69) is 40.0 Å². The number of amides is 1. The first-order valence-electron chi connectivity index (χ1n) is 8.14. The quantitative estimate of drug-likeness (QED) is 0.857. The molecule has 1 aromatic carbocycles. The van der Waals surface area contributed by atoms with Gasteiger partial charge in [-0.3, -0.25) is 9.48 Å². The summed E-state index contributed by atoms with van der Waals surface area (Å²) in [5.41, 5.74) is 2.31. The zero-order chi connectivity index (χ0) is 16.3. The van der Waals surface area contributed by atoms with Crippen LogP contribution in [0.3, 0.4) is 0 Å². The number of carbonyl (C=O) groups is 1. The number of nitrogens with one attached hydrogen (secondary N) is 2. The van der Waals surface area contributed by atoms with Gasteiger partial charge < -0.3 is 10.6 Å². The molecule has 1 saturated carbocycles. The van der Waals surface area contributed by atoms with Crippen molar-refractivity contribution in [2.45, 2.75) is 30.7 Å². The fourth-order valence-electron chi connectivity index (χ4n) is 3.36. The van der Waals surface area contributed by atoms with Crippen LogP contribution >= 0.6 is 0 Å². The maximum Gasteiger partial charge on any atom is 0.241 e. The van der Waals surface area contributed by atoms with Crippen LogP contribution in [0.25, 0.3) is 0 Å². The molecule has 3 rings (SSSR count). The SMILES string of the molecule is CNC(C(=O)NCC1(c2ccccc2)CCC1)c1cnn(C)c1. The summed E-state index contributed by atoms with van der Waals surface area (Å²) >= 11 is 0. The van der Waals surface area contributed by atoms with Gasteiger partial charge in [-0.25, -0.2) is 0 Å². The number of likely N-dealkylation sites (N-methyl/N-ethyl adjacent to an activating group) is 1. The highest BCUT2D eigenvalue weighted by atomic mass is 16.2. The van der Waals surface area contributed by atoms with Gasteiger partial charge in [0.1, 0.15) is 6.04 Å². The van der Waals surface area contributed by atoms with Gasteiger partial charge in [-0.1, -0.05) is 36.8 Å². The average Bonchev–Trinajstić information content (AvgIpc) is 2.94. The van der Waals surface area contributed by atoms with E-state index >= 15 is 0 Å². The smallest absolute Gasteiger partial charge is 0.241 e. The second-order valence-electron chi connectivity index (χ2n) is 6.39. The van der Waals surface area contributed by atoms with Gasteiger partial charge in [0.25, 0.3) is 0 Å². The Morgan fingerprint density at radius 2 is 2.09 bits per heavy atom. The van der Waals surface area contributed by atoms with E-state index in [-0.39, 0.29) is 17.4 Å². The number of rotatable bonds is 6. The van der Waals surface area contributed by atoms with E-state index in [1.54, 1.807) is 17.9 Å². The standard InChI is InChI=1S/C18H24N4O/c1-19-16(14-11-21-22(2)12-14)17(23)20-13-18(9-6-10-18)15-7-4-3-5-8-15/h3-5,7-8,11-12,16,19H,6,9-10,13H2,1-2H3,(H,20,23). The molecule has 1 atom stereocenters. The molecule has 1 aliphatic carbocycles. The van der Waals surface area contributed by atoms with Crippen LogP contribution < -0.4 is 10.6 Å². The second kappa shape index (κ2) is 6.54. The molecule has 1 amide bonds. The molecule has 5 heteroatoms. The number of hydrogen-bond donors (Lipinski definition) is 2. The minimum Gasteiger partial charge on any atom is -0.354 e. The zero-order valence-corrected chi connectivity index (χ0v) is 13.7. The van der Waals surface area contributed by atoms with Crippen molar-refractivity contribution in [1.29, 1.82) is 0 Å². The molecule has 1 heterocycles. The van der Waals surface area contributed by atoms with E-state index in [1.165, 1.54) is 12.0 Å². The zero-order valence-electron chi connectivity index (χ0n) is 13.7. The Bertz CT molecular complexity index is 661. The Morgan fingerprint density at radius 1 is 1.35 bits per heavy atom. The molecular weight excluding hydrogens is 288 g/mol. The van der Waals surface area contributed by atoms with E-state index in [0.29, 0.717) is 6.54 Å². The van der Waals surface area contributed by atoms with Crippen LogP contribution in [0.15, 0.2) is 42.7 Å². The monoisotopic (exact) mass is 312 g/mol. The summed E-state index contributed by atoms with van der Waals surface area (Å²) < 4.78 is 1.71. The van der Waals surface area contributed by atoms with Crippen molar-refractivity contribution < 1.29 is 4.79 Å².